The lowest BCUT2D eigenvalue weighted by Gasteiger charge is -2.20. The van der Waals surface area contributed by atoms with Crippen LogP contribution in [0.15, 0.2) is 18.2 Å². The van der Waals surface area contributed by atoms with E-state index in [4.69, 9.17) is 9.47 Å². The van der Waals surface area contributed by atoms with Crippen LogP contribution in [0.5, 0.6) is 11.5 Å². The molecule has 0 spiro atoms. The Morgan fingerprint density at radius 1 is 1.12 bits per heavy atom. The Balaban J connectivity index is 2.30. The molecule has 0 heterocycles. The molecular weight excluding hydrogens is 212 g/mol. The summed E-state index contributed by atoms with van der Waals surface area (Å²) in [7, 11) is 0. The molecule has 1 aliphatic carbocycles. The van der Waals surface area contributed by atoms with Gasteiger partial charge in [-0.15, -0.1) is 0 Å². The molecule has 0 amide bonds. The summed E-state index contributed by atoms with van der Waals surface area (Å²) in [4.78, 5) is 0. The summed E-state index contributed by atoms with van der Waals surface area (Å²) in [5.74, 6) is 2.29. The van der Waals surface area contributed by atoms with E-state index < -0.39 is 0 Å². The maximum atomic E-state index is 5.94. The average molecular weight is 234 g/mol. The number of hydrogen-bond donors (Lipinski definition) is 0. The van der Waals surface area contributed by atoms with Gasteiger partial charge >= 0.3 is 0 Å². The van der Waals surface area contributed by atoms with Crippen LogP contribution < -0.4 is 9.47 Å². The second kappa shape index (κ2) is 4.99. The van der Waals surface area contributed by atoms with Crippen molar-refractivity contribution in [2.24, 2.45) is 0 Å². The molecule has 2 nitrogen and oxygen atoms in total. The maximum Gasteiger partial charge on any atom is 0.165 e. The molecule has 94 valence electrons. The highest BCUT2D eigenvalue weighted by Gasteiger charge is 2.26. The third kappa shape index (κ3) is 3.15. The van der Waals surface area contributed by atoms with Gasteiger partial charge in [0.2, 0.25) is 0 Å². The summed E-state index contributed by atoms with van der Waals surface area (Å²) in [5.41, 5.74) is 1.23. The molecule has 0 saturated heterocycles. The van der Waals surface area contributed by atoms with Crippen LogP contribution in [0.2, 0.25) is 0 Å². The topological polar surface area (TPSA) is 18.5 Å². The van der Waals surface area contributed by atoms with Gasteiger partial charge in [-0.3, -0.25) is 0 Å². The molecule has 0 atom stereocenters. The second-order valence-electron chi connectivity index (χ2n) is 5.31. The van der Waals surface area contributed by atoms with Crippen LogP contribution in [0.4, 0.5) is 0 Å². The molecule has 0 aromatic heterocycles. The van der Waals surface area contributed by atoms with Gasteiger partial charge in [-0.05, 0) is 38.7 Å². The maximum absolute atomic E-state index is 5.94. The minimum atomic E-state index is 0.177. The van der Waals surface area contributed by atoms with Crippen molar-refractivity contribution >= 4 is 0 Å². The summed E-state index contributed by atoms with van der Waals surface area (Å²) in [6.07, 6.45) is 2.93. The lowest BCUT2D eigenvalue weighted by atomic mass is 10.0. The molecule has 17 heavy (non-hydrogen) atoms. The Labute approximate surface area is 104 Å². The van der Waals surface area contributed by atoms with Crippen LogP contribution in [0, 0.1) is 0 Å². The van der Waals surface area contributed by atoms with Crippen molar-refractivity contribution in [3.63, 3.8) is 0 Å². The number of ether oxygens (including phenoxy) is 2. The average Bonchev–Trinajstić information content (AvgIpc) is 3.03. The van der Waals surface area contributed by atoms with Gasteiger partial charge < -0.3 is 9.47 Å². The number of benzene rings is 1. The van der Waals surface area contributed by atoms with Crippen molar-refractivity contribution in [1.29, 1.82) is 0 Å². The van der Waals surface area contributed by atoms with Gasteiger partial charge in [-0.1, -0.05) is 26.0 Å². The first-order valence-electron chi connectivity index (χ1n) is 6.54. The van der Waals surface area contributed by atoms with E-state index >= 15 is 0 Å². The Morgan fingerprint density at radius 3 is 2.35 bits per heavy atom. The lowest BCUT2D eigenvalue weighted by Crippen LogP contribution is -2.10. The molecule has 1 aliphatic rings. The zero-order valence-corrected chi connectivity index (χ0v) is 11.2. The van der Waals surface area contributed by atoms with Crippen LogP contribution >= 0.6 is 0 Å². The molecule has 0 unspecified atom stereocenters. The van der Waals surface area contributed by atoms with Gasteiger partial charge in [0.1, 0.15) is 0 Å². The van der Waals surface area contributed by atoms with Gasteiger partial charge in [-0.2, -0.15) is 0 Å². The van der Waals surface area contributed by atoms with Crippen LogP contribution in [-0.4, -0.2) is 12.2 Å². The van der Waals surface area contributed by atoms with Crippen LogP contribution in [-0.2, 0) is 0 Å². The van der Waals surface area contributed by atoms with Crippen molar-refractivity contribution in [1.82, 2.24) is 0 Å². The van der Waals surface area contributed by atoms with E-state index in [0.29, 0.717) is 12.0 Å². The molecule has 0 radical (unpaired) electrons. The number of rotatable bonds is 5. The van der Waals surface area contributed by atoms with Crippen molar-refractivity contribution in [2.75, 3.05) is 0 Å². The third-order valence-electron chi connectivity index (χ3n) is 2.80. The van der Waals surface area contributed by atoms with E-state index in [1.54, 1.807) is 0 Å². The van der Waals surface area contributed by atoms with Crippen LogP contribution in [0.3, 0.4) is 0 Å². The van der Waals surface area contributed by atoms with E-state index in [2.05, 4.69) is 39.8 Å². The van der Waals surface area contributed by atoms with E-state index in [1.165, 1.54) is 18.4 Å². The quantitative estimate of drug-likeness (QED) is 0.762. The highest BCUT2D eigenvalue weighted by atomic mass is 16.5. The largest absolute Gasteiger partial charge is 0.487 e. The minimum Gasteiger partial charge on any atom is -0.487 e. The van der Waals surface area contributed by atoms with E-state index in [-0.39, 0.29) is 6.10 Å². The molecule has 1 aromatic rings. The number of hydrogen-bond acceptors (Lipinski definition) is 2. The highest BCUT2D eigenvalue weighted by molar-refractivity contribution is 5.48. The summed E-state index contributed by atoms with van der Waals surface area (Å²) >= 11 is 0. The Kier molecular flexibility index (Phi) is 3.60. The van der Waals surface area contributed by atoms with Crippen molar-refractivity contribution in [3.8, 4) is 11.5 Å². The Hall–Kier alpha value is -1.18. The molecular formula is C15H22O2. The van der Waals surface area contributed by atoms with Crippen molar-refractivity contribution < 1.29 is 9.47 Å². The first-order chi connectivity index (χ1) is 8.08. The molecule has 1 aromatic carbocycles. The fourth-order valence-corrected chi connectivity index (χ4v) is 1.81. The molecule has 2 rings (SSSR count). The smallest absolute Gasteiger partial charge is 0.165 e. The lowest BCUT2D eigenvalue weighted by molar-refractivity contribution is 0.214. The van der Waals surface area contributed by atoms with E-state index in [0.717, 1.165) is 11.5 Å². The van der Waals surface area contributed by atoms with Crippen molar-refractivity contribution in [2.45, 2.75) is 58.7 Å². The predicted octanol–water partition coefficient (Wildman–Crippen LogP) is 4.14. The molecule has 0 N–H and O–H groups in total. The Bertz CT molecular complexity index is 379. The zero-order valence-electron chi connectivity index (χ0n) is 11.2. The fraction of sp³-hybridized carbons (Fsp3) is 0.600. The SMILES string of the molecule is CC(C)Oc1c(OC2CC2)cccc1C(C)C. The van der Waals surface area contributed by atoms with Gasteiger partial charge in [0, 0.05) is 5.56 Å². The summed E-state index contributed by atoms with van der Waals surface area (Å²) in [6.45, 7) is 8.48. The molecule has 0 aliphatic heterocycles. The van der Waals surface area contributed by atoms with Gasteiger partial charge in [0.15, 0.2) is 11.5 Å². The zero-order chi connectivity index (χ0) is 12.4. The minimum absolute atomic E-state index is 0.177. The normalized spacial score (nSPS) is 15.4. The van der Waals surface area contributed by atoms with Crippen LogP contribution in [0.25, 0.3) is 0 Å². The van der Waals surface area contributed by atoms with E-state index in [1.807, 2.05) is 6.07 Å². The van der Waals surface area contributed by atoms with Crippen LogP contribution in [0.1, 0.15) is 52.0 Å². The monoisotopic (exact) mass is 234 g/mol. The molecule has 1 fully saturated rings. The first-order valence-corrected chi connectivity index (χ1v) is 6.54. The Morgan fingerprint density at radius 2 is 1.82 bits per heavy atom. The fourth-order valence-electron chi connectivity index (χ4n) is 1.81. The van der Waals surface area contributed by atoms with Gasteiger partial charge in [0.25, 0.3) is 0 Å². The first kappa shape index (κ1) is 12.3. The summed E-state index contributed by atoms with van der Waals surface area (Å²) < 4.78 is 11.9. The molecule has 0 bridgehead atoms. The van der Waals surface area contributed by atoms with E-state index in [9.17, 15) is 0 Å². The summed E-state index contributed by atoms with van der Waals surface area (Å²) in [5, 5.41) is 0. The highest BCUT2D eigenvalue weighted by Crippen LogP contribution is 2.39. The third-order valence-corrected chi connectivity index (χ3v) is 2.80. The molecule has 2 heteroatoms. The predicted molar refractivity (Wildman–Crippen MR) is 69.9 cm³/mol. The second-order valence-corrected chi connectivity index (χ2v) is 5.31. The summed E-state index contributed by atoms with van der Waals surface area (Å²) in [6, 6.07) is 6.20. The standard InChI is InChI=1S/C15H22O2/c1-10(2)13-6-5-7-14(17-12-8-9-12)15(13)16-11(3)4/h5-7,10-12H,8-9H2,1-4H3. The van der Waals surface area contributed by atoms with Gasteiger partial charge in [0.05, 0.1) is 12.2 Å². The van der Waals surface area contributed by atoms with Gasteiger partial charge in [-0.25, -0.2) is 0 Å². The van der Waals surface area contributed by atoms with Crippen molar-refractivity contribution in [3.05, 3.63) is 23.8 Å². The number of para-hydroxylation sites is 1. The molecule has 1 saturated carbocycles.